The van der Waals surface area contributed by atoms with Gasteiger partial charge in [-0.2, -0.15) is 0 Å². The van der Waals surface area contributed by atoms with Crippen LogP contribution in [-0.2, 0) is 20.9 Å². The third-order valence-corrected chi connectivity index (χ3v) is 6.80. The molecular formula is C19H22N2O5S2. The van der Waals surface area contributed by atoms with Crippen LogP contribution >= 0.6 is 23.1 Å². The van der Waals surface area contributed by atoms with Crippen molar-refractivity contribution >= 4 is 41.1 Å². The Balaban J connectivity index is 1.88. The van der Waals surface area contributed by atoms with E-state index in [4.69, 9.17) is 4.74 Å². The number of thiazole rings is 1. The number of fused-ring (bicyclic) bond motifs is 1. The van der Waals surface area contributed by atoms with Crippen LogP contribution in [0.2, 0.25) is 0 Å². The average Bonchev–Trinajstić information content (AvgIpc) is 3.20. The predicted molar refractivity (Wildman–Crippen MR) is 108 cm³/mol. The van der Waals surface area contributed by atoms with Crippen LogP contribution in [0.25, 0.3) is 6.08 Å². The number of β-lactam (4-membered cyclic amide) rings is 1. The van der Waals surface area contributed by atoms with Crippen molar-refractivity contribution in [2.45, 2.75) is 32.6 Å². The molecule has 0 saturated carbocycles. The summed E-state index contributed by atoms with van der Waals surface area (Å²) < 4.78 is 5.19. The highest BCUT2D eigenvalue weighted by atomic mass is 32.2. The molecule has 9 heteroatoms. The van der Waals surface area contributed by atoms with Gasteiger partial charge in [0, 0.05) is 10.8 Å². The number of aliphatic hydroxyl groups excluding tert-OH is 2. The average molecular weight is 423 g/mol. The zero-order chi connectivity index (χ0) is 20.4. The van der Waals surface area contributed by atoms with Crippen molar-refractivity contribution < 1.29 is 24.5 Å². The molecule has 4 atom stereocenters. The van der Waals surface area contributed by atoms with Gasteiger partial charge in [0.15, 0.2) is 0 Å². The van der Waals surface area contributed by atoms with E-state index in [2.05, 4.69) is 11.6 Å². The van der Waals surface area contributed by atoms with E-state index in [1.807, 2.05) is 18.4 Å². The van der Waals surface area contributed by atoms with Gasteiger partial charge >= 0.3 is 5.97 Å². The van der Waals surface area contributed by atoms with Gasteiger partial charge < -0.3 is 19.8 Å². The fourth-order valence-electron chi connectivity index (χ4n) is 3.57. The summed E-state index contributed by atoms with van der Waals surface area (Å²) in [5.74, 6) is -1.47. The third-order valence-electron chi connectivity index (χ3n) is 4.87. The molecule has 2 aliphatic rings. The lowest BCUT2D eigenvalue weighted by molar-refractivity contribution is -0.164. The lowest BCUT2D eigenvalue weighted by atomic mass is 9.79. The number of carbonyl (C=O) groups is 2. The van der Waals surface area contributed by atoms with Crippen molar-refractivity contribution in [1.82, 2.24) is 9.88 Å². The number of nitrogens with zero attached hydrogens (tertiary/aromatic N) is 2. The Labute approximate surface area is 171 Å². The first-order chi connectivity index (χ1) is 13.4. The fourth-order valence-corrected chi connectivity index (χ4v) is 5.35. The van der Waals surface area contributed by atoms with Gasteiger partial charge in [0.1, 0.15) is 12.3 Å². The SMILES string of the molecule is C=CCOC(=O)C1=C(SC=Cc2scnc2CO)[C@H](C)[C@@H]2[C@@H]([C@@H](C)O)C(=O)N12. The zero-order valence-electron chi connectivity index (χ0n) is 15.6. The summed E-state index contributed by atoms with van der Waals surface area (Å²) in [7, 11) is 0. The van der Waals surface area contributed by atoms with Crippen LogP contribution in [-0.4, -0.2) is 50.7 Å². The lowest BCUT2D eigenvalue weighted by Crippen LogP contribution is -2.63. The monoisotopic (exact) mass is 422 g/mol. The molecule has 3 rings (SSSR count). The minimum absolute atomic E-state index is 0.0533. The van der Waals surface area contributed by atoms with Gasteiger partial charge in [0.05, 0.1) is 40.8 Å². The molecule has 1 aromatic heterocycles. The van der Waals surface area contributed by atoms with Crippen LogP contribution < -0.4 is 0 Å². The van der Waals surface area contributed by atoms with Gasteiger partial charge in [0.2, 0.25) is 5.91 Å². The van der Waals surface area contributed by atoms with Crippen molar-refractivity contribution in [3.05, 3.63) is 44.7 Å². The Hall–Kier alpha value is -1.94. The van der Waals surface area contributed by atoms with E-state index in [1.54, 1.807) is 12.4 Å². The van der Waals surface area contributed by atoms with E-state index in [0.717, 1.165) is 9.78 Å². The van der Waals surface area contributed by atoms with Crippen molar-refractivity contribution in [3.63, 3.8) is 0 Å². The molecule has 3 heterocycles. The summed E-state index contributed by atoms with van der Waals surface area (Å²) in [6, 6.07) is -0.258. The Morgan fingerprint density at radius 1 is 1.57 bits per heavy atom. The van der Waals surface area contributed by atoms with Crippen molar-refractivity contribution in [3.8, 4) is 0 Å². The molecule has 0 aliphatic carbocycles. The fraction of sp³-hybridized carbons (Fsp3) is 0.421. The molecule has 28 heavy (non-hydrogen) atoms. The molecule has 0 unspecified atom stereocenters. The van der Waals surface area contributed by atoms with Crippen LogP contribution in [0.1, 0.15) is 24.4 Å². The van der Waals surface area contributed by atoms with Crippen molar-refractivity contribution in [1.29, 1.82) is 0 Å². The number of ether oxygens (including phenoxy) is 1. The molecule has 1 fully saturated rings. The summed E-state index contributed by atoms with van der Waals surface area (Å²) in [6.07, 6.45) is 2.51. The zero-order valence-corrected chi connectivity index (χ0v) is 17.2. The highest BCUT2D eigenvalue weighted by molar-refractivity contribution is 8.06. The minimum atomic E-state index is -0.786. The number of esters is 1. The normalized spacial score (nSPS) is 25.1. The quantitative estimate of drug-likeness (QED) is 0.376. The molecule has 0 radical (unpaired) electrons. The molecular weight excluding hydrogens is 400 g/mol. The van der Waals surface area contributed by atoms with Crippen molar-refractivity contribution in [2.75, 3.05) is 6.61 Å². The number of aromatic nitrogens is 1. The number of hydrogen-bond acceptors (Lipinski definition) is 8. The second kappa shape index (κ2) is 8.60. The summed E-state index contributed by atoms with van der Waals surface area (Å²) in [5, 5.41) is 21.1. The molecule has 2 N–H and O–H groups in total. The number of amides is 1. The first-order valence-corrected chi connectivity index (χ1v) is 10.6. The minimum Gasteiger partial charge on any atom is -0.457 e. The second-order valence-electron chi connectivity index (χ2n) is 6.60. The Bertz CT molecular complexity index is 845. The van der Waals surface area contributed by atoms with Crippen LogP contribution in [0.5, 0.6) is 0 Å². The summed E-state index contributed by atoms with van der Waals surface area (Å²) in [4.78, 5) is 32.2. The molecule has 2 aliphatic heterocycles. The third kappa shape index (κ3) is 3.55. The molecule has 0 bridgehead atoms. The molecule has 1 saturated heterocycles. The standard InChI is InChI=1S/C19H22N2O5S2/c1-4-6-26-19(25)16-17(27-7-5-13-12(8-22)20-9-28-13)10(2)15-14(11(3)23)18(24)21(15)16/h4-5,7,9-11,14-15,22-23H,1,6,8H2,2-3H3/t10-,11-,14-,15-/m1/s1. The molecule has 150 valence electrons. The van der Waals surface area contributed by atoms with E-state index >= 15 is 0 Å². The first kappa shape index (κ1) is 20.8. The number of hydrogen-bond donors (Lipinski definition) is 2. The van der Waals surface area contributed by atoms with Crippen LogP contribution in [0, 0.1) is 11.8 Å². The maximum atomic E-state index is 12.6. The largest absolute Gasteiger partial charge is 0.457 e. The van der Waals surface area contributed by atoms with Gasteiger partial charge in [-0.25, -0.2) is 9.78 Å². The van der Waals surface area contributed by atoms with Gasteiger partial charge in [0.25, 0.3) is 0 Å². The smallest absolute Gasteiger partial charge is 0.356 e. The van der Waals surface area contributed by atoms with E-state index in [-0.39, 0.29) is 36.8 Å². The Morgan fingerprint density at radius 3 is 2.96 bits per heavy atom. The van der Waals surface area contributed by atoms with E-state index in [1.165, 1.54) is 34.1 Å². The molecule has 1 aromatic rings. The van der Waals surface area contributed by atoms with Crippen LogP contribution in [0.4, 0.5) is 0 Å². The van der Waals surface area contributed by atoms with Gasteiger partial charge in [-0.1, -0.05) is 31.3 Å². The first-order valence-electron chi connectivity index (χ1n) is 8.82. The highest BCUT2D eigenvalue weighted by Crippen LogP contribution is 2.51. The van der Waals surface area contributed by atoms with Crippen LogP contribution in [0.15, 0.2) is 34.2 Å². The van der Waals surface area contributed by atoms with Crippen molar-refractivity contribution in [2.24, 2.45) is 11.8 Å². The van der Waals surface area contributed by atoms with Gasteiger partial charge in [-0.15, -0.1) is 11.3 Å². The highest BCUT2D eigenvalue weighted by Gasteiger charge is 2.60. The van der Waals surface area contributed by atoms with E-state index in [0.29, 0.717) is 5.69 Å². The van der Waals surface area contributed by atoms with Crippen LogP contribution in [0.3, 0.4) is 0 Å². The van der Waals surface area contributed by atoms with Gasteiger partial charge in [-0.3, -0.25) is 4.79 Å². The second-order valence-corrected chi connectivity index (χ2v) is 8.43. The number of rotatable bonds is 8. The predicted octanol–water partition coefficient (Wildman–Crippen LogP) is 2.14. The summed E-state index contributed by atoms with van der Waals surface area (Å²) >= 11 is 2.74. The maximum absolute atomic E-state index is 12.6. The number of thioether (sulfide) groups is 1. The Kier molecular flexibility index (Phi) is 6.39. The summed E-state index contributed by atoms with van der Waals surface area (Å²) in [6.45, 7) is 6.97. The topological polar surface area (TPSA) is 100.0 Å². The molecule has 0 aromatic carbocycles. The number of aliphatic hydroxyl groups is 2. The lowest BCUT2D eigenvalue weighted by Gasteiger charge is -2.46. The van der Waals surface area contributed by atoms with E-state index in [9.17, 15) is 19.8 Å². The molecule has 1 amide bonds. The summed E-state index contributed by atoms with van der Waals surface area (Å²) in [5.41, 5.74) is 2.49. The van der Waals surface area contributed by atoms with Gasteiger partial charge in [-0.05, 0) is 18.4 Å². The molecule has 7 nitrogen and oxygen atoms in total. The Morgan fingerprint density at radius 2 is 2.32 bits per heavy atom. The number of carbonyl (C=O) groups excluding carboxylic acids is 2. The molecule has 0 spiro atoms. The maximum Gasteiger partial charge on any atom is 0.356 e. The van der Waals surface area contributed by atoms with E-state index < -0.39 is 18.0 Å².